The molecule has 1 fully saturated rings. The predicted molar refractivity (Wildman–Crippen MR) is 66.4 cm³/mol. The van der Waals surface area contributed by atoms with Crippen molar-refractivity contribution in [3.05, 3.63) is 29.8 Å². The Kier molecular flexibility index (Phi) is 3.46. The highest BCUT2D eigenvalue weighted by atomic mass is 32.2. The van der Waals surface area contributed by atoms with Crippen LogP contribution in [0.15, 0.2) is 29.2 Å². The van der Waals surface area contributed by atoms with E-state index in [2.05, 4.69) is 4.72 Å². The topological polar surface area (TPSA) is 64.6 Å². The van der Waals surface area contributed by atoms with Crippen LogP contribution in [0, 0.1) is 6.92 Å². The van der Waals surface area contributed by atoms with Crippen molar-refractivity contribution in [1.29, 1.82) is 0 Å². The Morgan fingerprint density at radius 2 is 1.78 bits per heavy atom. The Labute approximate surface area is 107 Å². The number of nitrogens with one attached hydrogen (secondary N) is 1. The summed E-state index contributed by atoms with van der Waals surface area (Å²) in [6.07, 6.45) is -0.514. The Hall–Kier alpha value is -0.950. The molecule has 1 aliphatic rings. The van der Waals surface area contributed by atoms with Gasteiger partial charge in [0.2, 0.25) is 10.0 Å². The molecule has 1 aliphatic heterocycles. The average molecular weight is 271 g/mol. The van der Waals surface area contributed by atoms with E-state index in [0.29, 0.717) is 0 Å². The summed E-state index contributed by atoms with van der Waals surface area (Å²) >= 11 is 0. The van der Waals surface area contributed by atoms with Crippen molar-refractivity contribution in [2.24, 2.45) is 0 Å². The lowest BCUT2D eigenvalue weighted by Crippen LogP contribution is -2.53. The SMILES string of the molecule is Cc1ccc(S(=O)(=O)NCC2OC(C)(C)O2)cc1. The molecule has 0 radical (unpaired) electrons. The summed E-state index contributed by atoms with van der Waals surface area (Å²) in [6.45, 7) is 5.57. The molecule has 1 saturated heterocycles. The Morgan fingerprint density at radius 1 is 1.22 bits per heavy atom. The van der Waals surface area contributed by atoms with Crippen LogP contribution in [0.5, 0.6) is 0 Å². The molecule has 6 heteroatoms. The minimum Gasteiger partial charge on any atom is -0.320 e. The monoisotopic (exact) mass is 271 g/mol. The maximum atomic E-state index is 11.9. The van der Waals surface area contributed by atoms with Crippen LogP contribution < -0.4 is 4.72 Å². The van der Waals surface area contributed by atoms with Crippen LogP contribution in [-0.2, 0) is 19.5 Å². The van der Waals surface area contributed by atoms with Crippen LogP contribution in [0.4, 0.5) is 0 Å². The van der Waals surface area contributed by atoms with E-state index < -0.39 is 22.1 Å². The van der Waals surface area contributed by atoms with Crippen LogP contribution in [0.2, 0.25) is 0 Å². The average Bonchev–Trinajstić information content (AvgIpc) is 2.24. The minimum absolute atomic E-state index is 0.111. The quantitative estimate of drug-likeness (QED) is 0.898. The summed E-state index contributed by atoms with van der Waals surface area (Å²) in [4.78, 5) is 0.242. The zero-order chi connectivity index (χ0) is 13.4. The van der Waals surface area contributed by atoms with Crippen molar-refractivity contribution in [2.75, 3.05) is 6.54 Å². The molecule has 5 nitrogen and oxygen atoms in total. The van der Waals surface area contributed by atoms with Gasteiger partial charge in [0.15, 0.2) is 12.1 Å². The highest BCUT2D eigenvalue weighted by Gasteiger charge is 2.38. The third-order valence-electron chi connectivity index (χ3n) is 2.60. The van der Waals surface area contributed by atoms with Crippen molar-refractivity contribution in [2.45, 2.75) is 37.7 Å². The molecule has 0 amide bonds. The van der Waals surface area contributed by atoms with Gasteiger partial charge in [0.05, 0.1) is 11.4 Å². The summed E-state index contributed by atoms with van der Waals surface area (Å²) in [5.74, 6) is -0.611. The molecular weight excluding hydrogens is 254 g/mol. The molecule has 1 heterocycles. The molecule has 0 bridgehead atoms. The second-order valence-electron chi connectivity index (χ2n) is 4.73. The Balaban J connectivity index is 1.94. The number of rotatable bonds is 4. The molecule has 0 unspecified atom stereocenters. The Bertz CT molecular complexity index is 514. The number of hydrogen-bond donors (Lipinski definition) is 1. The molecular formula is C12H17NO4S. The molecule has 2 rings (SSSR count). The number of sulfonamides is 1. The van der Waals surface area contributed by atoms with Crippen molar-refractivity contribution in [3.8, 4) is 0 Å². The number of benzene rings is 1. The van der Waals surface area contributed by atoms with Gasteiger partial charge in [0.1, 0.15) is 0 Å². The lowest BCUT2D eigenvalue weighted by molar-refractivity contribution is -0.432. The smallest absolute Gasteiger partial charge is 0.240 e. The summed E-state index contributed by atoms with van der Waals surface area (Å²) < 4.78 is 37.0. The van der Waals surface area contributed by atoms with Gasteiger partial charge in [0, 0.05) is 0 Å². The van der Waals surface area contributed by atoms with Gasteiger partial charge in [-0.3, -0.25) is 0 Å². The fraction of sp³-hybridized carbons (Fsp3) is 0.500. The van der Waals surface area contributed by atoms with Crippen molar-refractivity contribution in [3.63, 3.8) is 0 Å². The van der Waals surface area contributed by atoms with Crippen molar-refractivity contribution < 1.29 is 17.9 Å². The van der Waals surface area contributed by atoms with Crippen LogP contribution >= 0.6 is 0 Å². The molecule has 1 aromatic carbocycles. The summed E-state index contributed by atoms with van der Waals surface area (Å²) in [7, 11) is -3.50. The molecule has 1 aromatic rings. The fourth-order valence-electron chi connectivity index (χ4n) is 1.70. The molecule has 100 valence electrons. The lowest BCUT2D eigenvalue weighted by Gasteiger charge is -2.42. The number of hydrogen-bond acceptors (Lipinski definition) is 4. The van der Waals surface area contributed by atoms with E-state index in [4.69, 9.17) is 9.47 Å². The second-order valence-corrected chi connectivity index (χ2v) is 6.50. The first-order valence-electron chi connectivity index (χ1n) is 5.70. The maximum absolute atomic E-state index is 11.9. The van der Waals surface area contributed by atoms with Gasteiger partial charge in [-0.05, 0) is 32.9 Å². The second kappa shape index (κ2) is 4.62. The van der Waals surface area contributed by atoms with Gasteiger partial charge in [-0.15, -0.1) is 0 Å². The van der Waals surface area contributed by atoms with Gasteiger partial charge in [-0.1, -0.05) is 17.7 Å². The van der Waals surface area contributed by atoms with Crippen LogP contribution in [0.25, 0.3) is 0 Å². The molecule has 1 N–H and O–H groups in total. The highest BCUT2D eigenvalue weighted by Crippen LogP contribution is 2.27. The third-order valence-corrected chi connectivity index (χ3v) is 4.04. The third kappa shape index (κ3) is 3.08. The van der Waals surface area contributed by atoms with Gasteiger partial charge in [0.25, 0.3) is 0 Å². The van der Waals surface area contributed by atoms with E-state index in [-0.39, 0.29) is 11.4 Å². The van der Waals surface area contributed by atoms with Crippen molar-refractivity contribution >= 4 is 10.0 Å². The summed E-state index contributed by atoms with van der Waals surface area (Å²) in [5, 5.41) is 0. The summed E-state index contributed by atoms with van der Waals surface area (Å²) in [5.41, 5.74) is 1.02. The number of ether oxygens (including phenoxy) is 2. The van der Waals surface area contributed by atoms with E-state index in [0.717, 1.165) is 5.56 Å². The fourth-order valence-corrected chi connectivity index (χ4v) is 2.72. The van der Waals surface area contributed by atoms with E-state index in [1.54, 1.807) is 38.1 Å². The zero-order valence-electron chi connectivity index (χ0n) is 10.6. The predicted octanol–water partition coefficient (Wildman–Crippen LogP) is 1.38. The van der Waals surface area contributed by atoms with Crippen LogP contribution in [0.3, 0.4) is 0 Å². The first kappa shape index (κ1) is 13.5. The molecule has 0 aromatic heterocycles. The lowest BCUT2D eigenvalue weighted by atomic mass is 10.2. The largest absolute Gasteiger partial charge is 0.320 e. The van der Waals surface area contributed by atoms with Gasteiger partial charge in [-0.2, -0.15) is 0 Å². The Morgan fingerprint density at radius 3 is 2.28 bits per heavy atom. The van der Waals surface area contributed by atoms with Crippen molar-refractivity contribution in [1.82, 2.24) is 4.72 Å². The first-order chi connectivity index (χ1) is 8.28. The van der Waals surface area contributed by atoms with E-state index in [1.807, 2.05) is 6.92 Å². The van der Waals surface area contributed by atoms with Crippen LogP contribution in [0.1, 0.15) is 19.4 Å². The van der Waals surface area contributed by atoms with E-state index in [1.165, 1.54) is 0 Å². The highest BCUT2D eigenvalue weighted by molar-refractivity contribution is 7.89. The van der Waals surface area contributed by atoms with Gasteiger partial charge in [-0.25, -0.2) is 13.1 Å². The standard InChI is InChI=1S/C12H17NO4S/c1-9-4-6-10(7-5-9)18(14,15)13-8-11-16-12(2,3)17-11/h4-7,11,13H,8H2,1-3H3. The van der Waals surface area contributed by atoms with E-state index >= 15 is 0 Å². The minimum atomic E-state index is -3.50. The normalized spacial score (nSPS) is 19.5. The summed E-state index contributed by atoms with van der Waals surface area (Å²) in [6, 6.07) is 6.66. The maximum Gasteiger partial charge on any atom is 0.240 e. The van der Waals surface area contributed by atoms with E-state index in [9.17, 15) is 8.42 Å². The molecule has 0 spiro atoms. The zero-order valence-corrected chi connectivity index (χ0v) is 11.5. The van der Waals surface area contributed by atoms with Gasteiger partial charge < -0.3 is 9.47 Å². The number of aryl methyl sites for hydroxylation is 1. The first-order valence-corrected chi connectivity index (χ1v) is 7.19. The molecule has 0 atom stereocenters. The molecule has 0 aliphatic carbocycles. The van der Waals surface area contributed by atoms with Crippen LogP contribution in [-0.4, -0.2) is 27.0 Å². The van der Waals surface area contributed by atoms with Gasteiger partial charge >= 0.3 is 0 Å². The molecule has 0 saturated carbocycles. The molecule has 18 heavy (non-hydrogen) atoms.